The number of nitro groups is 1. The molecule has 0 unspecified atom stereocenters. The van der Waals surface area contributed by atoms with E-state index in [1.54, 1.807) is 37.4 Å². The number of hydrogen-bond acceptors (Lipinski definition) is 6. The van der Waals surface area contributed by atoms with E-state index < -0.39 is 0 Å². The molecule has 0 atom stereocenters. The second kappa shape index (κ2) is 7.97. The number of anilines is 1. The van der Waals surface area contributed by atoms with E-state index in [1.165, 1.54) is 0 Å². The molecule has 1 N–H and O–H groups in total. The first-order chi connectivity index (χ1) is 14.0. The van der Waals surface area contributed by atoms with Crippen molar-refractivity contribution in [3.05, 3.63) is 70.3 Å². The third-order valence-corrected chi connectivity index (χ3v) is 5.50. The monoisotopic (exact) mass is 393 g/mol. The molecule has 0 radical (unpaired) electrons. The summed E-state index contributed by atoms with van der Waals surface area (Å²) in [5.41, 5.74) is 2.01. The van der Waals surface area contributed by atoms with Crippen LogP contribution in [0.4, 0.5) is 11.4 Å². The molecule has 29 heavy (non-hydrogen) atoms. The van der Waals surface area contributed by atoms with Gasteiger partial charge in [-0.3, -0.25) is 15.0 Å². The lowest BCUT2D eigenvalue weighted by Crippen LogP contribution is -2.46. The van der Waals surface area contributed by atoms with Crippen LogP contribution >= 0.6 is 0 Å². The van der Waals surface area contributed by atoms with Crippen LogP contribution < -0.4 is 9.64 Å². The SMILES string of the molecule is COc1ccc2ccc(O)c(CN3CCN(c4ccc([N+](=O)[O-])cc4)CC3)c2c1. The van der Waals surface area contributed by atoms with Gasteiger partial charge in [0.15, 0.2) is 0 Å². The number of methoxy groups -OCH3 is 1. The molecule has 0 aliphatic carbocycles. The number of nitro benzene ring substituents is 1. The maximum atomic E-state index is 10.8. The first-order valence-electron chi connectivity index (χ1n) is 9.55. The van der Waals surface area contributed by atoms with Crippen molar-refractivity contribution in [2.75, 3.05) is 38.2 Å². The van der Waals surface area contributed by atoms with Crippen molar-refractivity contribution in [3.63, 3.8) is 0 Å². The second-order valence-electron chi connectivity index (χ2n) is 7.19. The van der Waals surface area contributed by atoms with Gasteiger partial charge in [-0.1, -0.05) is 12.1 Å². The van der Waals surface area contributed by atoms with Crippen molar-refractivity contribution in [1.29, 1.82) is 0 Å². The average Bonchev–Trinajstić information content (AvgIpc) is 2.76. The fraction of sp³-hybridized carbons (Fsp3) is 0.273. The van der Waals surface area contributed by atoms with Crippen molar-refractivity contribution in [3.8, 4) is 11.5 Å². The first-order valence-corrected chi connectivity index (χ1v) is 9.55. The summed E-state index contributed by atoms with van der Waals surface area (Å²) in [5, 5.41) is 23.4. The maximum absolute atomic E-state index is 10.8. The number of piperazine rings is 1. The minimum absolute atomic E-state index is 0.106. The van der Waals surface area contributed by atoms with Crippen LogP contribution in [0.2, 0.25) is 0 Å². The predicted octanol–water partition coefficient (Wildman–Crippen LogP) is 3.78. The largest absolute Gasteiger partial charge is 0.508 e. The van der Waals surface area contributed by atoms with Gasteiger partial charge in [-0.15, -0.1) is 0 Å². The molecule has 0 amide bonds. The van der Waals surface area contributed by atoms with Gasteiger partial charge in [0.25, 0.3) is 5.69 Å². The van der Waals surface area contributed by atoms with Crippen molar-refractivity contribution in [2.24, 2.45) is 0 Å². The standard InChI is InChI=1S/C22H23N3O4/c1-29-19-8-2-16-3-9-22(26)21(20(16)14-19)15-23-10-12-24(13-11-23)17-4-6-18(7-5-17)25(27)28/h2-9,14,26H,10-13,15H2,1H3. The second-order valence-corrected chi connectivity index (χ2v) is 7.19. The van der Waals surface area contributed by atoms with Crippen LogP contribution in [0.15, 0.2) is 54.6 Å². The van der Waals surface area contributed by atoms with E-state index in [4.69, 9.17) is 4.74 Å². The number of phenolic OH excluding ortho intramolecular Hbond substituents is 1. The van der Waals surface area contributed by atoms with E-state index in [1.807, 2.05) is 24.3 Å². The molecule has 3 aromatic rings. The summed E-state index contributed by atoms with van der Waals surface area (Å²) in [4.78, 5) is 15.0. The molecule has 1 saturated heterocycles. The third kappa shape index (κ3) is 3.95. The van der Waals surface area contributed by atoms with E-state index in [2.05, 4.69) is 9.80 Å². The maximum Gasteiger partial charge on any atom is 0.269 e. The summed E-state index contributed by atoms with van der Waals surface area (Å²) in [6.45, 7) is 4.00. The molecule has 150 valence electrons. The highest BCUT2D eigenvalue weighted by atomic mass is 16.6. The normalized spacial score (nSPS) is 14.9. The molecule has 0 spiro atoms. The minimum atomic E-state index is -0.382. The number of phenols is 1. The van der Waals surface area contributed by atoms with Gasteiger partial charge in [0, 0.05) is 56.1 Å². The lowest BCUT2D eigenvalue weighted by Gasteiger charge is -2.36. The summed E-state index contributed by atoms with van der Waals surface area (Å²) < 4.78 is 5.35. The molecule has 1 heterocycles. The van der Waals surface area contributed by atoms with E-state index in [9.17, 15) is 15.2 Å². The van der Waals surface area contributed by atoms with Crippen LogP contribution in [0.1, 0.15) is 5.56 Å². The average molecular weight is 393 g/mol. The summed E-state index contributed by atoms with van der Waals surface area (Å²) >= 11 is 0. The Morgan fingerprint density at radius 2 is 1.72 bits per heavy atom. The highest BCUT2D eigenvalue weighted by Gasteiger charge is 2.20. The molecular weight excluding hydrogens is 370 g/mol. The number of aromatic hydroxyl groups is 1. The van der Waals surface area contributed by atoms with E-state index >= 15 is 0 Å². The summed E-state index contributed by atoms with van der Waals surface area (Å²) in [7, 11) is 1.64. The van der Waals surface area contributed by atoms with E-state index in [0.717, 1.165) is 54.0 Å². The molecule has 1 aliphatic rings. The molecule has 1 fully saturated rings. The summed E-state index contributed by atoms with van der Waals surface area (Å²) in [6.07, 6.45) is 0. The molecule has 4 rings (SSSR count). The molecular formula is C22H23N3O4. The number of non-ortho nitro benzene ring substituents is 1. The van der Waals surface area contributed by atoms with E-state index in [0.29, 0.717) is 12.3 Å². The number of ether oxygens (including phenoxy) is 1. The smallest absolute Gasteiger partial charge is 0.269 e. The Labute approximate surface area is 168 Å². The molecule has 7 nitrogen and oxygen atoms in total. The molecule has 0 aromatic heterocycles. The van der Waals surface area contributed by atoms with Crippen LogP contribution in [-0.4, -0.2) is 48.2 Å². The number of rotatable bonds is 5. The molecule has 0 saturated carbocycles. The Morgan fingerprint density at radius 3 is 2.38 bits per heavy atom. The lowest BCUT2D eigenvalue weighted by molar-refractivity contribution is -0.384. The Bertz CT molecular complexity index is 1030. The topological polar surface area (TPSA) is 79.1 Å². The molecule has 3 aromatic carbocycles. The number of nitrogens with zero attached hydrogens (tertiary/aromatic N) is 3. The van der Waals surface area contributed by atoms with Gasteiger partial charge in [-0.25, -0.2) is 0 Å². The molecule has 1 aliphatic heterocycles. The highest BCUT2D eigenvalue weighted by Crippen LogP contribution is 2.31. The van der Waals surface area contributed by atoms with Crippen LogP contribution in [-0.2, 0) is 6.54 Å². The highest BCUT2D eigenvalue weighted by molar-refractivity contribution is 5.89. The van der Waals surface area contributed by atoms with Crippen molar-refractivity contribution >= 4 is 22.1 Å². The van der Waals surface area contributed by atoms with Crippen LogP contribution in [0.3, 0.4) is 0 Å². The van der Waals surface area contributed by atoms with Crippen LogP contribution in [0.5, 0.6) is 11.5 Å². The van der Waals surface area contributed by atoms with Crippen LogP contribution in [0, 0.1) is 10.1 Å². The minimum Gasteiger partial charge on any atom is -0.508 e. The van der Waals surface area contributed by atoms with Gasteiger partial charge in [0.2, 0.25) is 0 Å². The van der Waals surface area contributed by atoms with Gasteiger partial charge in [0.05, 0.1) is 12.0 Å². The Kier molecular flexibility index (Phi) is 5.22. The predicted molar refractivity (Wildman–Crippen MR) is 113 cm³/mol. The van der Waals surface area contributed by atoms with Crippen LogP contribution in [0.25, 0.3) is 10.8 Å². The van der Waals surface area contributed by atoms with Crippen molar-refractivity contribution < 1.29 is 14.8 Å². The summed E-state index contributed by atoms with van der Waals surface area (Å²) in [5.74, 6) is 1.07. The van der Waals surface area contributed by atoms with Gasteiger partial charge < -0.3 is 14.7 Å². The van der Waals surface area contributed by atoms with Gasteiger partial charge in [-0.05, 0) is 41.1 Å². The molecule has 7 heteroatoms. The van der Waals surface area contributed by atoms with Gasteiger partial charge in [-0.2, -0.15) is 0 Å². The zero-order chi connectivity index (χ0) is 20.4. The third-order valence-electron chi connectivity index (χ3n) is 5.50. The zero-order valence-electron chi connectivity index (χ0n) is 16.2. The number of benzene rings is 3. The first kappa shape index (κ1) is 19.0. The Balaban J connectivity index is 1.47. The van der Waals surface area contributed by atoms with Gasteiger partial charge in [0.1, 0.15) is 11.5 Å². The summed E-state index contributed by atoms with van der Waals surface area (Å²) in [6, 6.07) is 16.3. The number of fused-ring (bicyclic) bond motifs is 1. The van der Waals surface area contributed by atoms with E-state index in [-0.39, 0.29) is 10.6 Å². The van der Waals surface area contributed by atoms with Crippen molar-refractivity contribution in [1.82, 2.24) is 4.90 Å². The number of hydrogen-bond donors (Lipinski definition) is 1. The Hall–Kier alpha value is -3.32. The zero-order valence-corrected chi connectivity index (χ0v) is 16.2. The van der Waals surface area contributed by atoms with Gasteiger partial charge >= 0.3 is 0 Å². The fourth-order valence-corrected chi connectivity index (χ4v) is 3.82. The Morgan fingerprint density at radius 1 is 1.03 bits per heavy atom. The molecule has 0 bridgehead atoms. The van der Waals surface area contributed by atoms with Crippen molar-refractivity contribution in [2.45, 2.75) is 6.54 Å². The quantitative estimate of drug-likeness (QED) is 0.525. The fourth-order valence-electron chi connectivity index (χ4n) is 3.82. The lowest BCUT2D eigenvalue weighted by atomic mass is 10.0.